The molecule has 17 heteroatoms. The van der Waals surface area contributed by atoms with E-state index in [1.807, 2.05) is 0 Å². The zero-order chi connectivity index (χ0) is 32.3. The highest BCUT2D eigenvalue weighted by molar-refractivity contribution is 7.91. The van der Waals surface area contributed by atoms with Crippen LogP contribution in [0.1, 0.15) is 11.1 Å². The minimum Gasteiger partial charge on any atom is -0.504 e. The summed E-state index contributed by atoms with van der Waals surface area (Å²) in [7, 11) is -4.02. The summed E-state index contributed by atoms with van der Waals surface area (Å²) in [5, 5.41) is 23.7. The van der Waals surface area contributed by atoms with Crippen molar-refractivity contribution in [1.82, 2.24) is 10.0 Å². The summed E-state index contributed by atoms with van der Waals surface area (Å²) in [6.07, 6.45) is -10.1. The van der Waals surface area contributed by atoms with Gasteiger partial charge in [-0.1, -0.05) is 12.1 Å². The molecule has 0 aliphatic carbocycles. The van der Waals surface area contributed by atoms with Crippen LogP contribution in [0.4, 0.5) is 32.0 Å². The second kappa shape index (κ2) is 12.9. The minimum atomic E-state index is -5.03. The van der Waals surface area contributed by atoms with Crippen molar-refractivity contribution in [3.63, 3.8) is 0 Å². The lowest BCUT2D eigenvalue weighted by molar-refractivity contribution is -0.143. The predicted molar refractivity (Wildman–Crippen MR) is 155 cm³/mol. The number of sulfonamides is 1. The summed E-state index contributed by atoms with van der Waals surface area (Å²) in [4.78, 5) is 0.534. The highest BCUT2D eigenvalue weighted by Crippen LogP contribution is 2.40. The van der Waals surface area contributed by atoms with E-state index < -0.39 is 39.2 Å². The van der Waals surface area contributed by atoms with Gasteiger partial charge < -0.3 is 25.6 Å². The summed E-state index contributed by atoms with van der Waals surface area (Å²) in [6, 6.07) is 14.5. The normalized spacial score (nSPS) is 12.1. The fourth-order valence-corrected chi connectivity index (χ4v) is 6.33. The van der Waals surface area contributed by atoms with Crippen LogP contribution >= 0.6 is 23.6 Å². The number of anilines is 1. The lowest BCUT2D eigenvalue weighted by Crippen LogP contribution is -2.36. The molecule has 4 rings (SSSR count). The molecule has 0 bridgehead atoms. The largest absolute Gasteiger partial charge is 0.504 e. The molecule has 0 amide bonds. The van der Waals surface area contributed by atoms with Crippen molar-refractivity contribution in [3.05, 3.63) is 83.9 Å². The van der Waals surface area contributed by atoms with E-state index in [0.29, 0.717) is 28.3 Å². The van der Waals surface area contributed by atoms with Gasteiger partial charge in [0, 0.05) is 35.3 Å². The summed E-state index contributed by atoms with van der Waals surface area (Å²) in [5.41, 5.74) is -3.04. The van der Waals surface area contributed by atoms with Crippen molar-refractivity contribution < 1.29 is 49.7 Å². The van der Waals surface area contributed by atoms with E-state index >= 15 is 0 Å². The Bertz CT molecular complexity index is 1740. The van der Waals surface area contributed by atoms with Gasteiger partial charge in [-0.2, -0.15) is 26.3 Å². The number of thiophene rings is 1. The van der Waals surface area contributed by atoms with Gasteiger partial charge in [0.15, 0.2) is 16.6 Å². The Labute approximate surface area is 256 Å². The smallest absolute Gasteiger partial charge is 0.416 e. The van der Waals surface area contributed by atoms with Crippen molar-refractivity contribution in [2.75, 3.05) is 18.4 Å². The quantitative estimate of drug-likeness (QED) is 0.0561. The van der Waals surface area contributed by atoms with Crippen LogP contribution in [0.5, 0.6) is 23.0 Å². The number of aromatic hydroxyl groups is 2. The SMILES string of the molecule is O=S(=O)(NCCNC(=S)Nc1cc(C(F)(F)F)cc(C(F)(F)F)c1)c1ccc(-c2ccccc2Oc2ccc(O)c(O)c2)s1. The molecular weight excluding hydrogens is 657 g/mol. The molecule has 44 heavy (non-hydrogen) atoms. The molecule has 5 N–H and O–H groups in total. The average Bonchev–Trinajstić information content (AvgIpc) is 3.44. The Hall–Kier alpha value is -4.06. The molecule has 8 nitrogen and oxygen atoms in total. The highest BCUT2D eigenvalue weighted by Gasteiger charge is 2.37. The molecule has 0 saturated heterocycles. The van der Waals surface area contributed by atoms with Crippen LogP contribution in [-0.2, 0) is 22.4 Å². The predicted octanol–water partition coefficient (Wildman–Crippen LogP) is 6.92. The van der Waals surface area contributed by atoms with E-state index in [4.69, 9.17) is 17.0 Å². The lowest BCUT2D eigenvalue weighted by Gasteiger charge is -2.16. The van der Waals surface area contributed by atoms with E-state index in [9.17, 15) is 45.0 Å². The van der Waals surface area contributed by atoms with Gasteiger partial charge in [-0.15, -0.1) is 11.3 Å². The number of phenolic OH excluding ortho intramolecular Hbond substituents is 2. The zero-order valence-corrected chi connectivity index (χ0v) is 24.4. The number of para-hydroxylation sites is 1. The average molecular weight is 678 g/mol. The maximum Gasteiger partial charge on any atom is 0.416 e. The Morgan fingerprint density at radius 1 is 0.841 bits per heavy atom. The van der Waals surface area contributed by atoms with Gasteiger partial charge in [0.25, 0.3) is 0 Å². The first-order valence-corrected chi connectivity index (χ1v) is 15.0. The molecule has 0 aliphatic rings. The van der Waals surface area contributed by atoms with Crippen LogP contribution in [0, 0.1) is 0 Å². The molecule has 0 spiro atoms. The third-order valence-electron chi connectivity index (χ3n) is 5.72. The zero-order valence-electron chi connectivity index (χ0n) is 22.0. The molecule has 1 aromatic heterocycles. The molecular formula is C27H21F6N3O5S3. The van der Waals surface area contributed by atoms with Gasteiger partial charge in [0.05, 0.1) is 11.1 Å². The van der Waals surface area contributed by atoms with Crippen LogP contribution in [0.25, 0.3) is 10.4 Å². The topological polar surface area (TPSA) is 120 Å². The first-order valence-electron chi connectivity index (χ1n) is 12.3. The van der Waals surface area contributed by atoms with E-state index in [0.717, 1.165) is 11.3 Å². The number of nitrogens with one attached hydrogen (secondary N) is 3. The number of benzene rings is 3. The van der Waals surface area contributed by atoms with Crippen molar-refractivity contribution in [2.45, 2.75) is 16.6 Å². The number of alkyl halides is 6. The number of rotatable bonds is 9. The summed E-state index contributed by atoms with van der Waals surface area (Å²) < 4.78 is 112. The van der Waals surface area contributed by atoms with Gasteiger partial charge in [0.2, 0.25) is 10.0 Å². The molecule has 0 fully saturated rings. The second-order valence-electron chi connectivity index (χ2n) is 8.94. The highest BCUT2D eigenvalue weighted by atomic mass is 32.2. The van der Waals surface area contributed by atoms with Crippen molar-refractivity contribution >= 4 is 44.4 Å². The molecule has 0 unspecified atom stereocenters. The van der Waals surface area contributed by atoms with Crippen LogP contribution in [-0.4, -0.2) is 36.8 Å². The van der Waals surface area contributed by atoms with Gasteiger partial charge >= 0.3 is 12.4 Å². The maximum absolute atomic E-state index is 13.1. The molecule has 0 saturated carbocycles. The van der Waals surface area contributed by atoms with Gasteiger partial charge in [0.1, 0.15) is 15.7 Å². The number of hydrogen-bond acceptors (Lipinski definition) is 7. The first-order chi connectivity index (χ1) is 20.5. The van der Waals surface area contributed by atoms with Crippen LogP contribution < -0.4 is 20.1 Å². The second-order valence-corrected chi connectivity index (χ2v) is 12.4. The summed E-state index contributed by atoms with van der Waals surface area (Å²) in [5.74, 6) is -0.125. The number of thiocarbonyl (C=S) groups is 1. The molecule has 4 aromatic rings. The third-order valence-corrected chi connectivity index (χ3v) is 9.04. The Balaban J connectivity index is 1.37. The molecule has 0 atom stereocenters. The Morgan fingerprint density at radius 2 is 1.50 bits per heavy atom. The van der Waals surface area contributed by atoms with Crippen molar-refractivity contribution in [3.8, 4) is 33.4 Å². The van der Waals surface area contributed by atoms with E-state index in [1.54, 1.807) is 30.3 Å². The Morgan fingerprint density at radius 3 is 2.14 bits per heavy atom. The summed E-state index contributed by atoms with van der Waals surface area (Å²) >= 11 is 5.88. The molecule has 234 valence electrons. The first kappa shape index (κ1) is 32.8. The molecule has 0 radical (unpaired) electrons. The van der Waals surface area contributed by atoms with Crippen LogP contribution in [0.3, 0.4) is 0 Å². The van der Waals surface area contributed by atoms with Crippen LogP contribution in [0.15, 0.2) is 77.0 Å². The lowest BCUT2D eigenvalue weighted by atomic mass is 10.1. The van der Waals surface area contributed by atoms with Crippen LogP contribution in [0.2, 0.25) is 0 Å². The number of halogens is 6. The number of hydrogen-bond donors (Lipinski definition) is 5. The van der Waals surface area contributed by atoms with E-state index in [2.05, 4.69) is 15.4 Å². The van der Waals surface area contributed by atoms with Gasteiger partial charge in [-0.25, -0.2) is 13.1 Å². The summed E-state index contributed by atoms with van der Waals surface area (Å²) in [6.45, 7) is -0.373. The molecule has 3 aromatic carbocycles. The fourth-order valence-electron chi connectivity index (χ4n) is 3.70. The Kier molecular flexibility index (Phi) is 9.62. The number of ether oxygens (including phenoxy) is 1. The van der Waals surface area contributed by atoms with Gasteiger partial charge in [-0.05, 0) is 66.8 Å². The minimum absolute atomic E-state index is 0.0144. The molecule has 0 aliphatic heterocycles. The third kappa shape index (κ3) is 8.31. The molecule has 1 heterocycles. The monoisotopic (exact) mass is 677 g/mol. The van der Waals surface area contributed by atoms with E-state index in [-0.39, 0.29) is 45.7 Å². The van der Waals surface area contributed by atoms with E-state index in [1.165, 1.54) is 24.3 Å². The van der Waals surface area contributed by atoms with Crippen molar-refractivity contribution in [1.29, 1.82) is 0 Å². The van der Waals surface area contributed by atoms with Crippen molar-refractivity contribution in [2.24, 2.45) is 0 Å². The maximum atomic E-state index is 13.1. The number of phenols is 2. The fraction of sp³-hybridized carbons (Fsp3) is 0.148. The standard InChI is InChI=1S/C27H21F6N3O5S3/c28-26(29,30)15-11-16(27(31,32)33)13-17(12-15)36-25(42)34-9-10-35-44(39,40)24-8-7-23(43-24)19-3-1-2-4-22(19)41-18-5-6-20(37)21(38)14-18/h1-8,11-14,35,37-38H,9-10H2,(H2,34,36,42). The van der Waals surface area contributed by atoms with Gasteiger partial charge in [-0.3, -0.25) is 0 Å².